The monoisotopic (exact) mass is 282 g/mol. The van der Waals surface area contributed by atoms with Gasteiger partial charge in [0.25, 0.3) is 0 Å². The van der Waals surface area contributed by atoms with Crippen molar-refractivity contribution in [2.24, 2.45) is 0 Å². The summed E-state index contributed by atoms with van der Waals surface area (Å²) in [6, 6.07) is 0. The highest BCUT2D eigenvalue weighted by Crippen LogP contribution is 2.44. The Hall–Kier alpha value is -0.490. The third-order valence-corrected chi connectivity index (χ3v) is 6.58. The maximum absolute atomic E-state index is 5.84. The second kappa shape index (κ2) is 5.25. The summed E-state index contributed by atoms with van der Waals surface area (Å²) in [5.41, 5.74) is 5.84. The lowest BCUT2D eigenvalue weighted by Crippen LogP contribution is -2.21. The highest BCUT2D eigenvalue weighted by atomic mass is 32.2. The van der Waals surface area contributed by atoms with Crippen LogP contribution in [0.5, 0.6) is 0 Å². The quantitative estimate of drug-likeness (QED) is 0.919. The van der Waals surface area contributed by atoms with Gasteiger partial charge in [-0.25, -0.2) is 4.98 Å². The Morgan fingerprint density at radius 3 is 2.56 bits per heavy atom. The maximum atomic E-state index is 5.84. The summed E-state index contributed by atoms with van der Waals surface area (Å²) in [6.07, 6.45) is 3.56. The summed E-state index contributed by atoms with van der Waals surface area (Å²) in [4.78, 5) is 13.3. The minimum Gasteiger partial charge on any atom is -0.368 e. The van der Waals surface area contributed by atoms with Crippen molar-refractivity contribution < 1.29 is 0 Å². The van der Waals surface area contributed by atoms with Crippen LogP contribution < -0.4 is 5.73 Å². The molecular formula is C12H18N4S2. The predicted octanol–water partition coefficient (Wildman–Crippen LogP) is 2.63. The molecule has 2 unspecified atom stereocenters. The lowest BCUT2D eigenvalue weighted by molar-refractivity contribution is 0.727. The van der Waals surface area contributed by atoms with Crippen LogP contribution in [0.4, 0.5) is 5.95 Å². The first-order valence-electron chi connectivity index (χ1n) is 6.52. The highest BCUT2D eigenvalue weighted by Gasteiger charge is 2.32. The lowest BCUT2D eigenvalue weighted by Gasteiger charge is -2.28. The average molecular weight is 282 g/mol. The zero-order valence-electron chi connectivity index (χ0n) is 10.5. The van der Waals surface area contributed by atoms with Crippen LogP contribution in [0.2, 0.25) is 0 Å². The molecule has 0 amide bonds. The minimum absolute atomic E-state index is 0.386. The molecule has 0 spiro atoms. The van der Waals surface area contributed by atoms with E-state index in [4.69, 9.17) is 5.73 Å². The number of nitrogens with two attached hydrogens (primary N) is 1. The fraction of sp³-hybridized carbons (Fsp3) is 0.750. The van der Waals surface area contributed by atoms with Gasteiger partial charge in [-0.15, -0.1) is 11.8 Å². The van der Waals surface area contributed by atoms with Crippen molar-refractivity contribution in [2.45, 2.75) is 42.6 Å². The van der Waals surface area contributed by atoms with Crippen LogP contribution in [-0.2, 0) is 0 Å². The van der Waals surface area contributed by atoms with Crippen molar-refractivity contribution in [3.05, 3.63) is 11.6 Å². The van der Waals surface area contributed by atoms with Gasteiger partial charge in [-0.3, -0.25) is 0 Å². The molecule has 3 rings (SSSR count). The summed E-state index contributed by atoms with van der Waals surface area (Å²) in [6.45, 7) is 2.24. The van der Waals surface area contributed by atoms with Crippen molar-refractivity contribution >= 4 is 29.5 Å². The number of thioether (sulfide) groups is 2. The van der Waals surface area contributed by atoms with Crippen molar-refractivity contribution in [3.63, 3.8) is 0 Å². The molecule has 1 saturated carbocycles. The highest BCUT2D eigenvalue weighted by molar-refractivity contribution is 8.06. The van der Waals surface area contributed by atoms with E-state index in [0.29, 0.717) is 22.4 Å². The van der Waals surface area contributed by atoms with E-state index in [9.17, 15) is 0 Å². The SMILES string of the molecule is CCC1SCCSC1c1nc(N)nc(C2CC2)n1. The fourth-order valence-electron chi connectivity index (χ4n) is 2.22. The molecule has 1 aliphatic heterocycles. The van der Waals surface area contributed by atoms with Crippen LogP contribution in [-0.4, -0.2) is 31.7 Å². The predicted molar refractivity (Wildman–Crippen MR) is 78.0 cm³/mol. The van der Waals surface area contributed by atoms with Crippen LogP contribution in [0.15, 0.2) is 0 Å². The molecule has 2 heterocycles. The summed E-state index contributed by atoms with van der Waals surface area (Å²) >= 11 is 4.01. The molecule has 4 nitrogen and oxygen atoms in total. The molecular weight excluding hydrogens is 264 g/mol. The van der Waals surface area contributed by atoms with E-state index in [1.807, 2.05) is 23.5 Å². The van der Waals surface area contributed by atoms with Gasteiger partial charge in [-0.2, -0.15) is 21.7 Å². The van der Waals surface area contributed by atoms with Gasteiger partial charge in [-0.1, -0.05) is 6.92 Å². The minimum atomic E-state index is 0.386. The van der Waals surface area contributed by atoms with E-state index in [2.05, 4.69) is 21.9 Å². The molecule has 2 N–H and O–H groups in total. The molecule has 0 radical (unpaired) electrons. The topological polar surface area (TPSA) is 64.7 Å². The van der Waals surface area contributed by atoms with Gasteiger partial charge in [-0.05, 0) is 19.3 Å². The van der Waals surface area contributed by atoms with Gasteiger partial charge in [0.15, 0.2) is 0 Å². The molecule has 0 aromatic carbocycles. The number of nitrogens with zero attached hydrogens (tertiary/aromatic N) is 3. The van der Waals surface area contributed by atoms with Crippen LogP contribution in [0, 0.1) is 0 Å². The van der Waals surface area contributed by atoms with Gasteiger partial charge >= 0.3 is 0 Å². The number of hydrogen-bond acceptors (Lipinski definition) is 6. The Bertz CT molecular complexity index is 436. The maximum Gasteiger partial charge on any atom is 0.223 e. The van der Waals surface area contributed by atoms with Gasteiger partial charge in [0.2, 0.25) is 5.95 Å². The largest absolute Gasteiger partial charge is 0.368 e. The van der Waals surface area contributed by atoms with E-state index in [1.165, 1.54) is 24.3 Å². The van der Waals surface area contributed by atoms with Crippen LogP contribution in [0.3, 0.4) is 0 Å². The van der Waals surface area contributed by atoms with E-state index in [-0.39, 0.29) is 0 Å². The summed E-state index contributed by atoms with van der Waals surface area (Å²) in [5, 5.41) is 0.995. The third-order valence-electron chi connectivity index (χ3n) is 3.34. The summed E-state index contributed by atoms with van der Waals surface area (Å²) in [5.74, 6) is 5.17. The smallest absolute Gasteiger partial charge is 0.223 e. The number of nitrogen functional groups attached to an aromatic ring is 1. The molecule has 98 valence electrons. The Kier molecular flexibility index (Phi) is 3.66. The Morgan fingerprint density at radius 1 is 1.11 bits per heavy atom. The number of hydrogen-bond donors (Lipinski definition) is 1. The molecule has 1 aliphatic carbocycles. The normalized spacial score (nSPS) is 28.3. The Morgan fingerprint density at radius 2 is 1.83 bits per heavy atom. The molecule has 2 atom stereocenters. The van der Waals surface area contributed by atoms with Crippen LogP contribution in [0.1, 0.15) is 49.0 Å². The first kappa shape index (κ1) is 12.5. The van der Waals surface area contributed by atoms with Gasteiger partial charge < -0.3 is 5.73 Å². The first-order chi connectivity index (χ1) is 8.78. The molecule has 0 bridgehead atoms. The average Bonchev–Trinajstić information content (AvgIpc) is 3.22. The second-order valence-corrected chi connectivity index (χ2v) is 7.39. The van der Waals surface area contributed by atoms with Crippen LogP contribution in [0.25, 0.3) is 0 Å². The van der Waals surface area contributed by atoms with Crippen LogP contribution >= 0.6 is 23.5 Å². The Balaban J connectivity index is 1.89. The number of anilines is 1. The molecule has 2 fully saturated rings. The van der Waals surface area contributed by atoms with Gasteiger partial charge in [0, 0.05) is 22.7 Å². The van der Waals surface area contributed by atoms with Gasteiger partial charge in [0.05, 0.1) is 5.25 Å². The number of rotatable bonds is 3. The zero-order chi connectivity index (χ0) is 12.5. The second-order valence-electron chi connectivity index (χ2n) is 4.79. The molecule has 6 heteroatoms. The van der Waals surface area contributed by atoms with E-state index in [1.54, 1.807) is 0 Å². The third kappa shape index (κ3) is 2.59. The van der Waals surface area contributed by atoms with Crippen molar-refractivity contribution in [2.75, 3.05) is 17.2 Å². The summed E-state index contributed by atoms with van der Waals surface area (Å²) < 4.78 is 0. The zero-order valence-corrected chi connectivity index (χ0v) is 12.1. The molecule has 1 aromatic rings. The number of aromatic nitrogens is 3. The van der Waals surface area contributed by atoms with Crippen molar-refractivity contribution in [3.8, 4) is 0 Å². The molecule has 1 aromatic heterocycles. The molecule has 1 saturated heterocycles. The Labute approximate surface area is 116 Å². The van der Waals surface area contributed by atoms with E-state index in [0.717, 1.165) is 18.1 Å². The fourth-order valence-corrected chi connectivity index (χ4v) is 5.21. The first-order valence-corrected chi connectivity index (χ1v) is 8.62. The van der Waals surface area contributed by atoms with E-state index < -0.39 is 0 Å². The van der Waals surface area contributed by atoms with E-state index >= 15 is 0 Å². The molecule has 18 heavy (non-hydrogen) atoms. The van der Waals surface area contributed by atoms with Crippen molar-refractivity contribution in [1.82, 2.24) is 15.0 Å². The van der Waals surface area contributed by atoms with Crippen molar-refractivity contribution in [1.29, 1.82) is 0 Å². The lowest BCUT2D eigenvalue weighted by atomic mass is 10.2. The standard InChI is InChI=1S/C12H18N4S2/c1-2-8-9(18-6-5-17-8)11-14-10(7-3-4-7)15-12(13)16-11/h7-9H,2-6H2,1H3,(H2,13,14,15,16). The summed E-state index contributed by atoms with van der Waals surface area (Å²) in [7, 11) is 0. The molecule has 2 aliphatic rings. The van der Waals surface area contributed by atoms with Gasteiger partial charge in [0.1, 0.15) is 11.6 Å².